The predicted molar refractivity (Wildman–Crippen MR) is 75.3 cm³/mol. The summed E-state index contributed by atoms with van der Waals surface area (Å²) in [6.45, 7) is 9.66. The molecule has 0 aromatic heterocycles. The van der Waals surface area contributed by atoms with E-state index in [1.54, 1.807) is 0 Å². The second-order valence-corrected chi connectivity index (χ2v) is 5.06. The van der Waals surface area contributed by atoms with E-state index in [2.05, 4.69) is 45.1 Å². The molecule has 0 aliphatic carbocycles. The fraction of sp³-hybridized carbons (Fsp3) is 0.600. The largest absolute Gasteiger partial charge is 0.324 e. The van der Waals surface area contributed by atoms with Crippen LogP contribution < -0.4 is 11.1 Å². The summed E-state index contributed by atoms with van der Waals surface area (Å²) in [6, 6.07) is 4.59. The molecule has 17 heavy (non-hydrogen) atoms. The number of nitrogens with one attached hydrogen (secondary N) is 1. The fourth-order valence-corrected chi connectivity index (χ4v) is 2.74. The lowest BCUT2D eigenvalue weighted by Crippen LogP contribution is -2.30. The van der Waals surface area contributed by atoms with Crippen LogP contribution in [0.3, 0.4) is 0 Å². The SMILES string of the molecule is CCC(CNC)C(N)c1c(C)cc(C)cc1C. The third-order valence-corrected chi connectivity index (χ3v) is 3.57. The second kappa shape index (κ2) is 6.18. The maximum Gasteiger partial charge on any atom is 0.0340 e. The van der Waals surface area contributed by atoms with Crippen molar-refractivity contribution in [2.45, 2.75) is 40.2 Å². The van der Waals surface area contributed by atoms with Crippen LogP contribution in [0.25, 0.3) is 0 Å². The van der Waals surface area contributed by atoms with Gasteiger partial charge < -0.3 is 11.1 Å². The van der Waals surface area contributed by atoms with E-state index >= 15 is 0 Å². The average Bonchev–Trinajstić information content (AvgIpc) is 2.24. The number of hydrogen-bond donors (Lipinski definition) is 2. The van der Waals surface area contributed by atoms with Gasteiger partial charge in [0.2, 0.25) is 0 Å². The van der Waals surface area contributed by atoms with Crippen LogP contribution in [0.15, 0.2) is 12.1 Å². The van der Waals surface area contributed by atoms with Gasteiger partial charge >= 0.3 is 0 Å². The Morgan fingerprint density at radius 3 is 2.12 bits per heavy atom. The normalized spacial score (nSPS) is 14.7. The van der Waals surface area contributed by atoms with E-state index in [0.29, 0.717) is 5.92 Å². The molecular weight excluding hydrogens is 208 g/mol. The molecule has 2 heteroatoms. The number of nitrogens with two attached hydrogens (primary N) is 1. The third-order valence-electron chi connectivity index (χ3n) is 3.57. The van der Waals surface area contributed by atoms with E-state index < -0.39 is 0 Å². The van der Waals surface area contributed by atoms with Crippen LogP contribution in [0.1, 0.15) is 41.6 Å². The van der Waals surface area contributed by atoms with Crippen molar-refractivity contribution >= 4 is 0 Å². The minimum absolute atomic E-state index is 0.132. The van der Waals surface area contributed by atoms with Crippen LogP contribution >= 0.6 is 0 Å². The molecule has 0 saturated carbocycles. The van der Waals surface area contributed by atoms with E-state index in [9.17, 15) is 0 Å². The molecule has 96 valence electrons. The first kappa shape index (κ1) is 14.2. The molecule has 0 fully saturated rings. The highest BCUT2D eigenvalue weighted by molar-refractivity contribution is 5.39. The Bertz CT molecular complexity index is 348. The lowest BCUT2D eigenvalue weighted by molar-refractivity contribution is 0.401. The van der Waals surface area contributed by atoms with E-state index in [0.717, 1.165) is 13.0 Å². The van der Waals surface area contributed by atoms with Crippen molar-refractivity contribution in [3.63, 3.8) is 0 Å². The molecule has 0 amide bonds. The highest BCUT2D eigenvalue weighted by Crippen LogP contribution is 2.28. The Labute approximate surface area is 106 Å². The first-order chi connectivity index (χ1) is 8.01. The van der Waals surface area contributed by atoms with Gasteiger partial charge in [-0.25, -0.2) is 0 Å². The monoisotopic (exact) mass is 234 g/mol. The molecule has 0 heterocycles. The van der Waals surface area contributed by atoms with Gasteiger partial charge in [-0.05, 0) is 57.0 Å². The fourth-order valence-electron chi connectivity index (χ4n) is 2.74. The molecule has 1 aromatic carbocycles. The summed E-state index contributed by atoms with van der Waals surface area (Å²) >= 11 is 0. The van der Waals surface area contributed by atoms with Gasteiger partial charge in [-0.2, -0.15) is 0 Å². The maximum atomic E-state index is 6.45. The van der Waals surface area contributed by atoms with Crippen molar-refractivity contribution in [2.24, 2.45) is 11.7 Å². The smallest absolute Gasteiger partial charge is 0.0340 e. The molecule has 1 aromatic rings. The van der Waals surface area contributed by atoms with Crippen molar-refractivity contribution in [1.82, 2.24) is 5.32 Å². The molecule has 2 atom stereocenters. The Balaban J connectivity index is 3.06. The zero-order valence-electron chi connectivity index (χ0n) is 11.8. The minimum Gasteiger partial charge on any atom is -0.324 e. The number of hydrogen-bond acceptors (Lipinski definition) is 2. The van der Waals surface area contributed by atoms with Crippen molar-refractivity contribution in [3.8, 4) is 0 Å². The number of rotatable bonds is 5. The topological polar surface area (TPSA) is 38.0 Å². The summed E-state index contributed by atoms with van der Waals surface area (Å²) < 4.78 is 0. The molecule has 3 N–H and O–H groups in total. The highest BCUT2D eigenvalue weighted by atomic mass is 14.8. The molecule has 2 nitrogen and oxygen atoms in total. The van der Waals surface area contributed by atoms with Crippen LogP contribution in [0.2, 0.25) is 0 Å². The standard InChI is InChI=1S/C15H26N2/c1-6-13(9-17-5)15(16)14-11(3)7-10(2)8-12(14)4/h7-8,13,15,17H,6,9,16H2,1-5H3. The van der Waals surface area contributed by atoms with Crippen molar-refractivity contribution in [1.29, 1.82) is 0 Å². The highest BCUT2D eigenvalue weighted by Gasteiger charge is 2.20. The summed E-state index contributed by atoms with van der Waals surface area (Å²) in [5.41, 5.74) is 11.7. The van der Waals surface area contributed by atoms with Crippen LogP contribution in [-0.2, 0) is 0 Å². The van der Waals surface area contributed by atoms with Crippen LogP contribution in [0.4, 0.5) is 0 Å². The molecule has 0 aliphatic rings. The lowest BCUT2D eigenvalue weighted by Gasteiger charge is -2.26. The van der Waals surface area contributed by atoms with E-state index in [-0.39, 0.29) is 6.04 Å². The zero-order valence-corrected chi connectivity index (χ0v) is 11.8. The third kappa shape index (κ3) is 3.30. The molecule has 0 radical (unpaired) electrons. The number of benzene rings is 1. The van der Waals surface area contributed by atoms with Crippen LogP contribution in [0, 0.1) is 26.7 Å². The molecule has 0 aliphatic heterocycles. The Morgan fingerprint density at radius 2 is 1.71 bits per heavy atom. The van der Waals surface area contributed by atoms with E-state index in [4.69, 9.17) is 5.73 Å². The first-order valence-electron chi connectivity index (χ1n) is 6.49. The minimum atomic E-state index is 0.132. The molecule has 0 spiro atoms. The van der Waals surface area contributed by atoms with Gasteiger partial charge in [0.05, 0.1) is 0 Å². The van der Waals surface area contributed by atoms with Crippen molar-refractivity contribution in [2.75, 3.05) is 13.6 Å². The van der Waals surface area contributed by atoms with Gasteiger partial charge in [-0.1, -0.05) is 31.0 Å². The quantitative estimate of drug-likeness (QED) is 0.822. The average molecular weight is 234 g/mol. The van der Waals surface area contributed by atoms with Crippen LogP contribution in [0.5, 0.6) is 0 Å². The molecule has 2 unspecified atom stereocenters. The molecule has 1 rings (SSSR count). The van der Waals surface area contributed by atoms with Gasteiger partial charge in [0, 0.05) is 6.04 Å². The van der Waals surface area contributed by atoms with Crippen molar-refractivity contribution < 1.29 is 0 Å². The summed E-state index contributed by atoms with van der Waals surface area (Å²) in [5.74, 6) is 0.500. The first-order valence-corrected chi connectivity index (χ1v) is 6.49. The zero-order chi connectivity index (χ0) is 13.0. The van der Waals surface area contributed by atoms with Gasteiger partial charge in [0.25, 0.3) is 0 Å². The van der Waals surface area contributed by atoms with E-state index in [1.165, 1.54) is 22.3 Å². The molecular formula is C15H26N2. The Morgan fingerprint density at radius 1 is 1.18 bits per heavy atom. The van der Waals surface area contributed by atoms with E-state index in [1.807, 2.05) is 7.05 Å². The summed E-state index contributed by atoms with van der Waals surface area (Å²) in [7, 11) is 1.99. The van der Waals surface area contributed by atoms with Crippen molar-refractivity contribution in [3.05, 3.63) is 34.4 Å². The Hall–Kier alpha value is -0.860. The van der Waals surface area contributed by atoms with Gasteiger partial charge in [0.15, 0.2) is 0 Å². The van der Waals surface area contributed by atoms with Gasteiger partial charge in [-0.15, -0.1) is 0 Å². The summed E-state index contributed by atoms with van der Waals surface area (Å²) in [4.78, 5) is 0. The number of aryl methyl sites for hydroxylation is 3. The van der Waals surface area contributed by atoms with Gasteiger partial charge in [0.1, 0.15) is 0 Å². The Kier molecular flexibility index (Phi) is 5.16. The predicted octanol–water partition coefficient (Wildman–Crippen LogP) is 2.86. The maximum absolute atomic E-state index is 6.45. The van der Waals surface area contributed by atoms with Crippen LogP contribution in [-0.4, -0.2) is 13.6 Å². The lowest BCUT2D eigenvalue weighted by atomic mass is 9.86. The summed E-state index contributed by atoms with van der Waals surface area (Å²) in [6.07, 6.45) is 1.11. The van der Waals surface area contributed by atoms with Gasteiger partial charge in [-0.3, -0.25) is 0 Å². The molecule has 0 bridgehead atoms. The molecule has 0 saturated heterocycles. The second-order valence-electron chi connectivity index (χ2n) is 5.06. The summed E-state index contributed by atoms with van der Waals surface area (Å²) in [5, 5.41) is 3.24.